The largest absolute Gasteiger partial charge is 0.349 e. The number of halogens is 1. The van der Waals surface area contributed by atoms with Crippen molar-refractivity contribution in [1.29, 1.82) is 0 Å². The smallest absolute Gasteiger partial charge is 0.329 e. The summed E-state index contributed by atoms with van der Waals surface area (Å²) < 4.78 is 0. The standard InChI is InChI=1S/C18H25ClN4O3/c1-5-22(10-15(24)20-12(2)3)11-23-16(25)18(4,21-17(23)26)13-6-8-14(19)9-7-13/h6-9,12H,5,10-11H2,1-4H3,(H,20,24)(H,21,26)/p+1/t18-/m1/s1. The number of amides is 4. The number of hydrogen-bond acceptors (Lipinski definition) is 3. The van der Waals surface area contributed by atoms with Crippen molar-refractivity contribution in [2.24, 2.45) is 0 Å². The molecule has 1 aromatic carbocycles. The molecule has 1 aliphatic heterocycles. The van der Waals surface area contributed by atoms with E-state index in [4.69, 9.17) is 11.6 Å². The molecule has 4 amide bonds. The number of quaternary nitrogens is 1. The SMILES string of the molecule is CC[NH+](CC(=O)NC(C)C)CN1C(=O)N[C@](C)(c2ccc(Cl)cc2)C1=O. The first kappa shape index (κ1) is 20.2. The zero-order chi connectivity index (χ0) is 19.5. The summed E-state index contributed by atoms with van der Waals surface area (Å²) in [6.07, 6.45) is 0. The molecule has 1 unspecified atom stereocenters. The fourth-order valence-corrected chi connectivity index (χ4v) is 3.06. The van der Waals surface area contributed by atoms with Crippen LogP contribution in [0.1, 0.15) is 33.3 Å². The molecular weight excluding hydrogens is 356 g/mol. The van der Waals surface area contributed by atoms with Gasteiger partial charge in [-0.1, -0.05) is 23.7 Å². The third kappa shape index (κ3) is 4.34. The number of benzene rings is 1. The molecule has 2 rings (SSSR count). The molecule has 1 heterocycles. The molecule has 0 saturated carbocycles. The van der Waals surface area contributed by atoms with E-state index in [1.165, 1.54) is 4.90 Å². The molecule has 1 aliphatic rings. The van der Waals surface area contributed by atoms with Gasteiger partial charge in [0.05, 0.1) is 6.54 Å². The topological polar surface area (TPSA) is 82.9 Å². The number of nitrogens with one attached hydrogen (secondary N) is 3. The first-order chi connectivity index (χ1) is 12.2. The van der Waals surface area contributed by atoms with E-state index in [0.717, 1.165) is 4.90 Å². The molecule has 0 spiro atoms. The van der Waals surface area contributed by atoms with Crippen LogP contribution in [0.5, 0.6) is 0 Å². The lowest BCUT2D eigenvalue weighted by Crippen LogP contribution is -3.14. The zero-order valence-corrected chi connectivity index (χ0v) is 16.3. The fraction of sp³-hybridized carbons (Fsp3) is 0.500. The number of rotatable bonds is 7. The van der Waals surface area contributed by atoms with Crippen LogP contribution in [0.4, 0.5) is 4.79 Å². The lowest BCUT2D eigenvalue weighted by atomic mass is 9.92. The Bertz CT molecular complexity index is 692. The van der Waals surface area contributed by atoms with Crippen molar-refractivity contribution < 1.29 is 19.3 Å². The molecule has 3 N–H and O–H groups in total. The van der Waals surface area contributed by atoms with E-state index in [1.54, 1.807) is 31.2 Å². The number of urea groups is 1. The van der Waals surface area contributed by atoms with Crippen LogP contribution in [-0.4, -0.2) is 48.5 Å². The Balaban J connectivity index is 2.12. The van der Waals surface area contributed by atoms with E-state index in [0.29, 0.717) is 17.1 Å². The van der Waals surface area contributed by atoms with Crippen molar-refractivity contribution in [3.63, 3.8) is 0 Å². The van der Waals surface area contributed by atoms with Gasteiger partial charge in [0.1, 0.15) is 5.54 Å². The maximum atomic E-state index is 12.9. The van der Waals surface area contributed by atoms with Crippen molar-refractivity contribution in [2.75, 3.05) is 19.8 Å². The predicted octanol–water partition coefficient (Wildman–Crippen LogP) is 0.494. The van der Waals surface area contributed by atoms with Crippen LogP contribution in [0, 0.1) is 0 Å². The second-order valence-corrected chi connectivity index (χ2v) is 7.39. The second kappa shape index (κ2) is 8.05. The van der Waals surface area contributed by atoms with Crippen LogP contribution in [0.2, 0.25) is 5.02 Å². The molecule has 1 aromatic rings. The minimum absolute atomic E-state index is 0.0468. The first-order valence-electron chi connectivity index (χ1n) is 8.70. The van der Waals surface area contributed by atoms with Crippen molar-refractivity contribution in [3.8, 4) is 0 Å². The summed E-state index contributed by atoms with van der Waals surface area (Å²) >= 11 is 5.91. The first-order valence-corrected chi connectivity index (χ1v) is 9.08. The molecule has 0 radical (unpaired) electrons. The average molecular weight is 382 g/mol. The lowest BCUT2D eigenvalue weighted by Gasteiger charge is -2.24. The lowest BCUT2D eigenvalue weighted by molar-refractivity contribution is -0.897. The van der Waals surface area contributed by atoms with Crippen LogP contribution >= 0.6 is 11.6 Å². The van der Waals surface area contributed by atoms with Gasteiger partial charge in [0.25, 0.3) is 11.8 Å². The normalized spacial score (nSPS) is 21.1. The van der Waals surface area contributed by atoms with Gasteiger partial charge in [-0.15, -0.1) is 0 Å². The molecule has 0 aromatic heterocycles. The molecule has 142 valence electrons. The van der Waals surface area contributed by atoms with Gasteiger partial charge in [-0.3, -0.25) is 9.59 Å². The average Bonchev–Trinajstić information content (AvgIpc) is 2.78. The molecular formula is C18H26ClN4O3+. The van der Waals surface area contributed by atoms with Crippen molar-refractivity contribution in [3.05, 3.63) is 34.9 Å². The zero-order valence-electron chi connectivity index (χ0n) is 15.6. The molecule has 26 heavy (non-hydrogen) atoms. The molecule has 7 nitrogen and oxygen atoms in total. The quantitative estimate of drug-likeness (QED) is 0.601. The molecule has 0 bridgehead atoms. The van der Waals surface area contributed by atoms with Gasteiger partial charge in [0.2, 0.25) is 0 Å². The van der Waals surface area contributed by atoms with E-state index in [1.807, 2.05) is 20.8 Å². The summed E-state index contributed by atoms with van der Waals surface area (Å²) in [5, 5.41) is 6.15. The highest BCUT2D eigenvalue weighted by atomic mass is 35.5. The van der Waals surface area contributed by atoms with Crippen LogP contribution in [0.3, 0.4) is 0 Å². The predicted molar refractivity (Wildman–Crippen MR) is 98.7 cm³/mol. The number of likely N-dealkylation sites (N-methyl/N-ethyl adjacent to an activating group) is 1. The Hall–Kier alpha value is -2.12. The van der Waals surface area contributed by atoms with Crippen LogP contribution < -0.4 is 15.5 Å². The van der Waals surface area contributed by atoms with Crippen LogP contribution in [0.25, 0.3) is 0 Å². The van der Waals surface area contributed by atoms with E-state index in [2.05, 4.69) is 10.6 Å². The maximum Gasteiger partial charge on any atom is 0.329 e. The number of carbonyl (C=O) groups excluding carboxylic acids is 3. The number of hydrogen-bond donors (Lipinski definition) is 3. The van der Waals surface area contributed by atoms with E-state index >= 15 is 0 Å². The van der Waals surface area contributed by atoms with Gasteiger partial charge >= 0.3 is 6.03 Å². The minimum Gasteiger partial charge on any atom is -0.349 e. The Morgan fingerprint density at radius 1 is 1.31 bits per heavy atom. The maximum absolute atomic E-state index is 12.9. The molecule has 8 heteroatoms. The Morgan fingerprint density at radius 3 is 2.46 bits per heavy atom. The highest BCUT2D eigenvalue weighted by Crippen LogP contribution is 2.29. The van der Waals surface area contributed by atoms with E-state index in [9.17, 15) is 14.4 Å². The van der Waals surface area contributed by atoms with Crippen molar-refractivity contribution >= 4 is 29.4 Å². The van der Waals surface area contributed by atoms with Gasteiger partial charge in [0, 0.05) is 11.1 Å². The highest BCUT2D eigenvalue weighted by molar-refractivity contribution is 6.30. The van der Waals surface area contributed by atoms with E-state index < -0.39 is 11.6 Å². The van der Waals surface area contributed by atoms with Crippen molar-refractivity contribution in [1.82, 2.24) is 15.5 Å². The van der Waals surface area contributed by atoms with Crippen LogP contribution in [0.15, 0.2) is 24.3 Å². The summed E-state index contributed by atoms with van der Waals surface area (Å²) in [4.78, 5) is 39.3. The molecule has 2 atom stereocenters. The fourth-order valence-electron chi connectivity index (χ4n) is 2.94. The number of imide groups is 1. The second-order valence-electron chi connectivity index (χ2n) is 6.96. The molecule has 1 fully saturated rings. The van der Waals surface area contributed by atoms with Crippen LogP contribution in [-0.2, 0) is 15.1 Å². The summed E-state index contributed by atoms with van der Waals surface area (Å²) in [5.41, 5.74) is -0.473. The summed E-state index contributed by atoms with van der Waals surface area (Å²) in [5.74, 6) is -0.440. The monoisotopic (exact) mass is 381 g/mol. The van der Waals surface area contributed by atoms with Gasteiger partial charge in [-0.25, -0.2) is 9.69 Å². The van der Waals surface area contributed by atoms with Crippen molar-refractivity contribution in [2.45, 2.75) is 39.3 Å². The van der Waals surface area contributed by atoms with Gasteiger partial charge < -0.3 is 15.5 Å². The Morgan fingerprint density at radius 2 is 1.92 bits per heavy atom. The summed E-state index contributed by atoms with van der Waals surface area (Å²) in [6, 6.07) is 6.41. The summed E-state index contributed by atoms with van der Waals surface area (Å²) in [6.45, 7) is 8.30. The molecule has 0 aliphatic carbocycles. The van der Waals surface area contributed by atoms with Gasteiger partial charge in [0.15, 0.2) is 13.2 Å². The van der Waals surface area contributed by atoms with E-state index in [-0.39, 0.29) is 31.1 Å². The molecule has 1 saturated heterocycles. The highest BCUT2D eigenvalue weighted by Gasteiger charge is 2.50. The minimum atomic E-state index is -1.14. The third-order valence-electron chi connectivity index (χ3n) is 4.44. The summed E-state index contributed by atoms with van der Waals surface area (Å²) in [7, 11) is 0. The Kier molecular flexibility index (Phi) is 6.26. The third-order valence-corrected chi connectivity index (χ3v) is 4.69. The Labute approximate surface area is 158 Å². The van der Waals surface area contributed by atoms with Gasteiger partial charge in [-0.2, -0.15) is 0 Å². The van der Waals surface area contributed by atoms with Gasteiger partial charge in [-0.05, 0) is 45.4 Å². The number of nitrogens with zero attached hydrogens (tertiary/aromatic N) is 1. The number of carbonyl (C=O) groups is 3.